The van der Waals surface area contributed by atoms with E-state index < -0.39 is 0 Å². The Labute approximate surface area is 147 Å². The Morgan fingerprint density at radius 1 is 1.08 bits per heavy atom. The van der Waals surface area contributed by atoms with Crippen molar-refractivity contribution in [1.29, 1.82) is 0 Å². The van der Waals surface area contributed by atoms with Gasteiger partial charge in [0.25, 0.3) is 0 Å². The Morgan fingerprint density at radius 2 is 1.83 bits per heavy atom. The number of anilines is 1. The van der Waals surface area contributed by atoms with E-state index in [2.05, 4.69) is 10.6 Å². The van der Waals surface area contributed by atoms with Crippen LogP contribution >= 0.6 is 11.8 Å². The van der Waals surface area contributed by atoms with Crippen LogP contribution in [0.15, 0.2) is 54.6 Å². The number of rotatable bonds is 7. The van der Waals surface area contributed by atoms with Gasteiger partial charge >= 0.3 is 0 Å². The van der Waals surface area contributed by atoms with Gasteiger partial charge in [-0.2, -0.15) is 11.8 Å². The SMILES string of the molecule is CSCC(C(=O)NCc1cccc(NC(C)=O)c1)c1ccccc1. The van der Waals surface area contributed by atoms with Gasteiger partial charge in [-0.05, 0) is 29.5 Å². The summed E-state index contributed by atoms with van der Waals surface area (Å²) in [5, 5.41) is 5.74. The van der Waals surface area contributed by atoms with Crippen molar-refractivity contribution >= 4 is 29.3 Å². The monoisotopic (exact) mass is 342 g/mol. The van der Waals surface area contributed by atoms with Gasteiger partial charge in [-0.3, -0.25) is 9.59 Å². The quantitative estimate of drug-likeness (QED) is 0.811. The third-order valence-corrected chi connectivity index (χ3v) is 4.23. The molecule has 1 unspecified atom stereocenters. The molecule has 0 aliphatic carbocycles. The van der Waals surface area contributed by atoms with E-state index in [1.807, 2.05) is 60.9 Å². The standard InChI is InChI=1S/C19H22N2O2S/c1-14(22)21-17-10-6-7-15(11-17)12-20-19(23)18(13-24-2)16-8-4-3-5-9-16/h3-11,18H,12-13H2,1-2H3,(H,20,23)(H,21,22). The fourth-order valence-corrected chi connectivity index (χ4v) is 3.13. The molecule has 2 N–H and O–H groups in total. The predicted molar refractivity (Wildman–Crippen MR) is 100 cm³/mol. The molecule has 24 heavy (non-hydrogen) atoms. The van der Waals surface area contributed by atoms with Crippen molar-refractivity contribution in [1.82, 2.24) is 5.32 Å². The summed E-state index contributed by atoms with van der Waals surface area (Å²) < 4.78 is 0. The van der Waals surface area contributed by atoms with Crippen LogP contribution in [-0.2, 0) is 16.1 Å². The van der Waals surface area contributed by atoms with Gasteiger partial charge in [0.1, 0.15) is 0 Å². The third-order valence-electron chi connectivity index (χ3n) is 3.57. The fraction of sp³-hybridized carbons (Fsp3) is 0.263. The molecule has 0 spiro atoms. The molecule has 0 aromatic heterocycles. The zero-order valence-electron chi connectivity index (χ0n) is 13.9. The fourth-order valence-electron chi connectivity index (χ4n) is 2.45. The van der Waals surface area contributed by atoms with Crippen LogP contribution in [0, 0.1) is 0 Å². The minimum Gasteiger partial charge on any atom is -0.351 e. The first-order valence-corrected chi connectivity index (χ1v) is 9.17. The number of thioether (sulfide) groups is 1. The lowest BCUT2D eigenvalue weighted by Crippen LogP contribution is -2.30. The Kier molecular flexibility index (Phi) is 6.88. The minimum atomic E-state index is -0.167. The Bertz CT molecular complexity index is 689. The summed E-state index contributed by atoms with van der Waals surface area (Å²) in [5.41, 5.74) is 2.71. The molecule has 0 fully saturated rings. The second-order valence-electron chi connectivity index (χ2n) is 5.52. The number of hydrogen-bond acceptors (Lipinski definition) is 3. The second-order valence-corrected chi connectivity index (χ2v) is 6.43. The summed E-state index contributed by atoms with van der Waals surface area (Å²) in [6.07, 6.45) is 2.00. The molecule has 1 atom stereocenters. The maximum Gasteiger partial charge on any atom is 0.228 e. The Morgan fingerprint density at radius 3 is 2.50 bits per heavy atom. The summed E-state index contributed by atoms with van der Waals surface area (Å²) >= 11 is 1.66. The zero-order valence-corrected chi connectivity index (χ0v) is 14.7. The van der Waals surface area contributed by atoms with E-state index in [0.29, 0.717) is 6.54 Å². The highest BCUT2D eigenvalue weighted by molar-refractivity contribution is 7.98. The topological polar surface area (TPSA) is 58.2 Å². The van der Waals surface area contributed by atoms with Crippen LogP contribution < -0.4 is 10.6 Å². The lowest BCUT2D eigenvalue weighted by atomic mass is 10.00. The number of carbonyl (C=O) groups is 2. The van der Waals surface area contributed by atoms with Gasteiger partial charge in [-0.15, -0.1) is 0 Å². The largest absolute Gasteiger partial charge is 0.351 e. The van der Waals surface area contributed by atoms with Gasteiger partial charge < -0.3 is 10.6 Å². The molecule has 0 saturated heterocycles. The van der Waals surface area contributed by atoms with E-state index in [1.54, 1.807) is 11.8 Å². The molecular weight excluding hydrogens is 320 g/mol. The molecule has 0 aliphatic heterocycles. The van der Waals surface area contributed by atoms with E-state index in [4.69, 9.17) is 0 Å². The van der Waals surface area contributed by atoms with E-state index >= 15 is 0 Å². The molecule has 0 aliphatic rings. The molecule has 0 saturated carbocycles. The lowest BCUT2D eigenvalue weighted by Gasteiger charge is -2.16. The number of nitrogens with one attached hydrogen (secondary N) is 2. The normalized spacial score (nSPS) is 11.6. The van der Waals surface area contributed by atoms with Crippen LogP contribution in [0.2, 0.25) is 0 Å². The number of carbonyl (C=O) groups excluding carboxylic acids is 2. The average Bonchev–Trinajstić information content (AvgIpc) is 2.58. The molecule has 2 aromatic rings. The third kappa shape index (κ3) is 5.42. The maximum absolute atomic E-state index is 12.6. The van der Waals surface area contributed by atoms with Crippen LogP contribution in [0.1, 0.15) is 24.0 Å². The number of hydrogen-bond donors (Lipinski definition) is 2. The van der Waals surface area contributed by atoms with Crippen LogP contribution in [0.3, 0.4) is 0 Å². The summed E-state index contributed by atoms with van der Waals surface area (Å²) in [5.74, 6) is 0.474. The molecule has 0 heterocycles. The van der Waals surface area contributed by atoms with Crippen LogP contribution in [-0.4, -0.2) is 23.8 Å². The van der Waals surface area contributed by atoms with Gasteiger partial charge in [0, 0.05) is 24.9 Å². The molecule has 5 heteroatoms. The van der Waals surface area contributed by atoms with E-state index in [9.17, 15) is 9.59 Å². The number of benzene rings is 2. The first kappa shape index (κ1) is 18.1. The van der Waals surface area contributed by atoms with Crippen molar-refractivity contribution in [3.63, 3.8) is 0 Å². The van der Waals surface area contributed by atoms with Crippen molar-refractivity contribution in [2.24, 2.45) is 0 Å². The van der Waals surface area contributed by atoms with Crippen molar-refractivity contribution in [2.75, 3.05) is 17.3 Å². The van der Waals surface area contributed by atoms with E-state index in [1.165, 1.54) is 6.92 Å². The van der Waals surface area contributed by atoms with Gasteiger partial charge in [0.2, 0.25) is 11.8 Å². The summed E-state index contributed by atoms with van der Waals surface area (Å²) in [4.78, 5) is 23.7. The van der Waals surface area contributed by atoms with Gasteiger partial charge in [0.05, 0.1) is 5.92 Å². The van der Waals surface area contributed by atoms with E-state index in [0.717, 1.165) is 22.6 Å². The molecule has 0 bridgehead atoms. The first-order valence-electron chi connectivity index (χ1n) is 7.78. The van der Waals surface area contributed by atoms with Gasteiger partial charge in [-0.25, -0.2) is 0 Å². The summed E-state index contributed by atoms with van der Waals surface area (Å²) in [6.45, 7) is 1.91. The molecule has 0 radical (unpaired) electrons. The van der Waals surface area contributed by atoms with Gasteiger partial charge in [0.15, 0.2) is 0 Å². The summed E-state index contributed by atoms with van der Waals surface area (Å²) in [6, 6.07) is 17.3. The second kappa shape index (κ2) is 9.13. The van der Waals surface area contributed by atoms with Crippen LogP contribution in [0.4, 0.5) is 5.69 Å². The van der Waals surface area contributed by atoms with Crippen molar-refractivity contribution in [3.8, 4) is 0 Å². The smallest absolute Gasteiger partial charge is 0.228 e. The van der Waals surface area contributed by atoms with Gasteiger partial charge in [-0.1, -0.05) is 42.5 Å². The highest BCUT2D eigenvalue weighted by atomic mass is 32.2. The van der Waals surface area contributed by atoms with Crippen molar-refractivity contribution in [3.05, 3.63) is 65.7 Å². The Balaban J connectivity index is 2.01. The summed E-state index contributed by atoms with van der Waals surface area (Å²) in [7, 11) is 0. The van der Waals surface area contributed by atoms with Crippen LogP contribution in [0.25, 0.3) is 0 Å². The van der Waals surface area contributed by atoms with Crippen molar-refractivity contribution < 1.29 is 9.59 Å². The predicted octanol–water partition coefficient (Wildman–Crippen LogP) is 3.41. The zero-order chi connectivity index (χ0) is 17.4. The first-order chi connectivity index (χ1) is 11.6. The van der Waals surface area contributed by atoms with E-state index in [-0.39, 0.29) is 17.7 Å². The molecule has 2 rings (SSSR count). The molecule has 126 valence electrons. The maximum atomic E-state index is 12.6. The van der Waals surface area contributed by atoms with Crippen molar-refractivity contribution in [2.45, 2.75) is 19.4 Å². The van der Waals surface area contributed by atoms with Crippen LogP contribution in [0.5, 0.6) is 0 Å². The average molecular weight is 342 g/mol. The molecule has 4 nitrogen and oxygen atoms in total. The Hall–Kier alpha value is -2.27. The number of amides is 2. The molecule has 2 aromatic carbocycles. The molecule has 2 amide bonds. The minimum absolute atomic E-state index is 0.0143. The lowest BCUT2D eigenvalue weighted by molar-refractivity contribution is -0.122. The highest BCUT2D eigenvalue weighted by Gasteiger charge is 2.19. The highest BCUT2D eigenvalue weighted by Crippen LogP contribution is 2.20. The molecular formula is C19H22N2O2S.